The van der Waals surface area contributed by atoms with Crippen LogP contribution in [0.3, 0.4) is 0 Å². The zero-order valence-corrected chi connectivity index (χ0v) is 17.1. The molecular weight excluding hydrogens is 400 g/mol. The number of rotatable bonds is 4. The first kappa shape index (κ1) is 20.1. The number of benzene rings is 3. The van der Waals surface area contributed by atoms with Gasteiger partial charge in [-0.1, -0.05) is 54.1 Å². The Morgan fingerprint density at radius 1 is 1.07 bits per heavy atom. The molecule has 5 nitrogen and oxygen atoms in total. The van der Waals surface area contributed by atoms with Gasteiger partial charge in [0.1, 0.15) is 11.9 Å². The number of methoxy groups -OCH3 is 1. The number of para-hydroxylation sites is 1. The molecule has 0 saturated carbocycles. The van der Waals surface area contributed by atoms with E-state index in [-0.39, 0.29) is 23.9 Å². The van der Waals surface area contributed by atoms with Crippen LogP contribution < -0.4 is 5.32 Å². The van der Waals surface area contributed by atoms with Crippen molar-refractivity contribution in [1.82, 2.24) is 5.32 Å². The predicted molar refractivity (Wildman–Crippen MR) is 117 cm³/mol. The zero-order chi connectivity index (χ0) is 21.1. The summed E-state index contributed by atoms with van der Waals surface area (Å²) >= 11 is 6.05. The Morgan fingerprint density at radius 3 is 2.43 bits per heavy atom. The average molecular weight is 421 g/mol. The third-order valence-electron chi connectivity index (χ3n) is 5.18. The van der Waals surface area contributed by atoms with Gasteiger partial charge in [0.05, 0.1) is 12.7 Å². The second kappa shape index (κ2) is 8.69. The fraction of sp³-hybridized carbons (Fsp3) is 0.167. The lowest BCUT2D eigenvalue weighted by Crippen LogP contribution is -2.33. The van der Waals surface area contributed by atoms with Crippen molar-refractivity contribution in [3.05, 3.63) is 100 Å². The highest BCUT2D eigenvalue weighted by atomic mass is 35.5. The number of nitrogens with one attached hydrogen (secondary N) is 1. The molecule has 0 amide bonds. The number of hydrogen-bond acceptors (Lipinski definition) is 5. The second-order valence-corrected chi connectivity index (χ2v) is 7.52. The number of phenolic OH excluding ortho intramolecular Hbond substituents is 1. The summed E-state index contributed by atoms with van der Waals surface area (Å²) in [6, 6.07) is 21.9. The minimum Gasteiger partial charge on any atom is -0.508 e. The van der Waals surface area contributed by atoms with Gasteiger partial charge in [-0.3, -0.25) is 10.3 Å². The fourth-order valence-electron chi connectivity index (χ4n) is 3.60. The smallest absolute Gasteiger partial charge is 0.337 e. The fourth-order valence-corrected chi connectivity index (χ4v) is 3.72. The number of aliphatic imine (C=N–C) groups is 1. The van der Waals surface area contributed by atoms with Crippen LogP contribution in [0, 0.1) is 0 Å². The quantitative estimate of drug-likeness (QED) is 0.579. The van der Waals surface area contributed by atoms with Crippen LogP contribution in [0.25, 0.3) is 0 Å². The van der Waals surface area contributed by atoms with Gasteiger partial charge < -0.3 is 9.84 Å². The summed E-state index contributed by atoms with van der Waals surface area (Å²) in [6.45, 7) is 0. The summed E-state index contributed by atoms with van der Waals surface area (Å²) in [5.41, 5.74) is 4.11. The van der Waals surface area contributed by atoms with E-state index in [1.165, 1.54) is 7.11 Å². The van der Waals surface area contributed by atoms with Gasteiger partial charge in [0.15, 0.2) is 0 Å². The molecule has 1 aliphatic heterocycles. The van der Waals surface area contributed by atoms with Crippen molar-refractivity contribution in [2.24, 2.45) is 4.99 Å². The van der Waals surface area contributed by atoms with Crippen molar-refractivity contribution in [3.63, 3.8) is 0 Å². The topological polar surface area (TPSA) is 70.9 Å². The molecule has 0 radical (unpaired) electrons. The molecule has 0 spiro atoms. The van der Waals surface area contributed by atoms with Gasteiger partial charge in [-0.25, -0.2) is 4.79 Å². The number of phenols is 1. The van der Waals surface area contributed by atoms with Gasteiger partial charge >= 0.3 is 5.97 Å². The maximum absolute atomic E-state index is 11.7. The Balaban J connectivity index is 1.71. The number of nitrogens with zero attached hydrogens (tertiary/aromatic N) is 1. The minimum absolute atomic E-state index is 0.125. The van der Waals surface area contributed by atoms with Gasteiger partial charge in [0.25, 0.3) is 0 Å². The minimum atomic E-state index is -0.379. The second-order valence-electron chi connectivity index (χ2n) is 7.08. The van der Waals surface area contributed by atoms with Gasteiger partial charge in [-0.05, 0) is 41.5 Å². The first-order valence-corrected chi connectivity index (χ1v) is 9.98. The van der Waals surface area contributed by atoms with Crippen molar-refractivity contribution >= 4 is 23.3 Å². The molecular formula is C24H21ClN2O3. The summed E-state index contributed by atoms with van der Waals surface area (Å²) in [6.07, 6.45) is 0.288. The normalized spacial score (nSPS) is 18.5. The molecule has 2 N–H and O–H groups in total. The first-order chi connectivity index (χ1) is 14.5. The summed E-state index contributed by atoms with van der Waals surface area (Å²) in [5, 5.41) is 14.6. The van der Waals surface area contributed by atoms with Crippen LogP contribution in [-0.2, 0) is 4.74 Å². The van der Waals surface area contributed by atoms with Crippen LogP contribution in [-0.4, -0.2) is 23.9 Å². The average Bonchev–Trinajstić information content (AvgIpc) is 2.79. The van der Waals surface area contributed by atoms with Crippen molar-refractivity contribution in [3.8, 4) is 5.75 Å². The van der Waals surface area contributed by atoms with Crippen LogP contribution >= 0.6 is 11.6 Å². The highest BCUT2D eigenvalue weighted by Gasteiger charge is 2.27. The van der Waals surface area contributed by atoms with Crippen molar-refractivity contribution in [2.45, 2.75) is 18.6 Å². The molecule has 3 aromatic carbocycles. The number of ether oxygens (including phenoxy) is 1. The molecule has 0 aliphatic carbocycles. The molecule has 0 aromatic heterocycles. The molecule has 30 heavy (non-hydrogen) atoms. The van der Waals surface area contributed by atoms with E-state index >= 15 is 0 Å². The van der Waals surface area contributed by atoms with Gasteiger partial charge in [-0.15, -0.1) is 0 Å². The lowest BCUT2D eigenvalue weighted by Gasteiger charge is -2.31. The highest BCUT2D eigenvalue weighted by molar-refractivity contribution is 6.30. The van der Waals surface area contributed by atoms with Crippen LogP contribution in [0.4, 0.5) is 0 Å². The van der Waals surface area contributed by atoms with E-state index in [1.807, 2.05) is 48.5 Å². The van der Waals surface area contributed by atoms with E-state index in [0.29, 0.717) is 17.0 Å². The Labute approximate surface area is 180 Å². The van der Waals surface area contributed by atoms with E-state index in [0.717, 1.165) is 22.4 Å². The monoisotopic (exact) mass is 420 g/mol. The van der Waals surface area contributed by atoms with E-state index in [4.69, 9.17) is 21.3 Å². The number of carbonyl (C=O) groups is 1. The van der Waals surface area contributed by atoms with E-state index in [1.54, 1.807) is 24.3 Å². The molecule has 0 fully saturated rings. The summed E-state index contributed by atoms with van der Waals surface area (Å²) in [5.74, 6) is -0.136. The molecule has 1 aliphatic rings. The molecule has 0 bridgehead atoms. The molecule has 4 rings (SSSR count). The maximum Gasteiger partial charge on any atom is 0.337 e. The van der Waals surface area contributed by atoms with Crippen LogP contribution in [0.1, 0.15) is 45.7 Å². The van der Waals surface area contributed by atoms with Gasteiger partial charge in [0, 0.05) is 28.8 Å². The standard InChI is InChI=1S/C24H21ClN2O3/c1-30-24(29)17-8-6-16(7-9-17)23-26-20(15-10-12-18(25)13-11-15)14-21(27-23)19-4-2-3-5-22(19)28/h2-13,21,23,27-28H,14H2,1H3/t21-,23+/m1/s1. The SMILES string of the molecule is COC(=O)c1ccc([C@H]2N=C(c3ccc(Cl)cc3)C[C@H](c3ccccc3O)N2)cc1. The molecule has 2 atom stereocenters. The Hall–Kier alpha value is -3.15. The van der Waals surface area contributed by atoms with Crippen LogP contribution in [0.2, 0.25) is 5.02 Å². The van der Waals surface area contributed by atoms with Crippen molar-refractivity contribution in [2.75, 3.05) is 7.11 Å². The Morgan fingerprint density at radius 2 is 1.77 bits per heavy atom. The summed E-state index contributed by atoms with van der Waals surface area (Å²) in [4.78, 5) is 16.7. The molecule has 0 saturated heterocycles. The summed E-state index contributed by atoms with van der Waals surface area (Å²) < 4.78 is 4.77. The number of carbonyl (C=O) groups excluding carboxylic acids is 1. The van der Waals surface area contributed by atoms with Crippen molar-refractivity contribution < 1.29 is 14.6 Å². The highest BCUT2D eigenvalue weighted by Crippen LogP contribution is 2.34. The number of hydrogen-bond donors (Lipinski definition) is 2. The molecule has 152 valence electrons. The van der Waals surface area contributed by atoms with Crippen LogP contribution in [0.5, 0.6) is 5.75 Å². The van der Waals surface area contributed by atoms with Gasteiger partial charge in [0.2, 0.25) is 0 Å². The van der Waals surface area contributed by atoms with E-state index in [9.17, 15) is 9.90 Å². The first-order valence-electron chi connectivity index (χ1n) is 9.60. The lowest BCUT2D eigenvalue weighted by atomic mass is 9.93. The number of halogens is 1. The van der Waals surface area contributed by atoms with Gasteiger partial charge in [-0.2, -0.15) is 0 Å². The van der Waals surface area contributed by atoms with Crippen molar-refractivity contribution in [1.29, 1.82) is 0 Å². The lowest BCUT2D eigenvalue weighted by molar-refractivity contribution is 0.0600. The predicted octanol–water partition coefficient (Wildman–Crippen LogP) is 5.05. The Kier molecular flexibility index (Phi) is 5.84. The molecule has 0 unspecified atom stereocenters. The third kappa shape index (κ3) is 4.22. The van der Waals surface area contributed by atoms with Crippen LogP contribution in [0.15, 0.2) is 77.8 Å². The number of aromatic hydroxyl groups is 1. The van der Waals surface area contributed by atoms with E-state index < -0.39 is 0 Å². The maximum atomic E-state index is 11.7. The summed E-state index contributed by atoms with van der Waals surface area (Å²) in [7, 11) is 1.36. The largest absolute Gasteiger partial charge is 0.508 e. The Bertz CT molecular complexity index is 1080. The molecule has 3 aromatic rings. The van der Waals surface area contributed by atoms with E-state index in [2.05, 4.69) is 5.32 Å². The third-order valence-corrected chi connectivity index (χ3v) is 5.43. The molecule has 6 heteroatoms. The zero-order valence-electron chi connectivity index (χ0n) is 16.4. The molecule has 1 heterocycles. The number of esters is 1.